The second kappa shape index (κ2) is 8.83. The molecule has 0 radical (unpaired) electrons. The van der Waals surface area contributed by atoms with Gasteiger partial charge in [0.05, 0.1) is 19.6 Å². The van der Waals surface area contributed by atoms with Crippen LogP contribution in [-0.2, 0) is 28.6 Å². The molecule has 1 aromatic rings. The third-order valence-corrected chi connectivity index (χ3v) is 5.25. The highest BCUT2D eigenvalue weighted by molar-refractivity contribution is 6.03. The van der Waals surface area contributed by atoms with Crippen LogP contribution in [0.1, 0.15) is 45.1 Å². The van der Waals surface area contributed by atoms with E-state index in [4.69, 9.17) is 19.9 Å². The quantitative estimate of drug-likeness (QED) is 0.687. The summed E-state index contributed by atoms with van der Waals surface area (Å²) in [4.78, 5) is 37.7. The van der Waals surface area contributed by atoms with Crippen LogP contribution in [0.15, 0.2) is 47.1 Å². The van der Waals surface area contributed by atoms with E-state index in [1.165, 1.54) is 7.11 Å². The Kier molecular flexibility index (Phi) is 6.38. The van der Waals surface area contributed by atoms with Gasteiger partial charge in [0.2, 0.25) is 5.88 Å². The monoisotopic (exact) mass is 429 g/mol. The minimum Gasteiger partial charge on any atom is -0.482 e. The molecule has 8 heteroatoms. The first-order valence-electron chi connectivity index (χ1n) is 10.1. The molecule has 166 valence electrons. The van der Waals surface area contributed by atoms with Crippen LogP contribution in [0.5, 0.6) is 5.75 Å². The van der Waals surface area contributed by atoms with E-state index in [1.54, 1.807) is 31.2 Å². The maximum absolute atomic E-state index is 13.2. The van der Waals surface area contributed by atoms with Gasteiger partial charge in [-0.2, -0.15) is 0 Å². The summed E-state index contributed by atoms with van der Waals surface area (Å²) in [7, 11) is 1.26. The molecular weight excluding hydrogens is 402 g/mol. The normalized spacial score (nSPS) is 20.0. The first kappa shape index (κ1) is 22.4. The molecule has 2 aliphatic rings. The fourth-order valence-electron chi connectivity index (χ4n) is 3.95. The number of hydrogen-bond donors (Lipinski definition) is 1. The molecule has 0 aromatic heterocycles. The summed E-state index contributed by atoms with van der Waals surface area (Å²) >= 11 is 0. The maximum Gasteiger partial charge on any atom is 0.343 e. The molecule has 1 unspecified atom stereocenters. The zero-order valence-corrected chi connectivity index (χ0v) is 18.2. The average Bonchev–Trinajstić information content (AvgIpc) is 2.70. The average molecular weight is 429 g/mol. The summed E-state index contributed by atoms with van der Waals surface area (Å²) in [5.41, 5.74) is 6.79. The van der Waals surface area contributed by atoms with E-state index in [-0.39, 0.29) is 35.9 Å². The number of ether oxygens (including phenoxy) is 4. The second-order valence-electron chi connectivity index (χ2n) is 8.21. The van der Waals surface area contributed by atoms with Gasteiger partial charge in [-0.3, -0.25) is 4.79 Å². The number of hydrogen-bond acceptors (Lipinski definition) is 8. The van der Waals surface area contributed by atoms with Gasteiger partial charge in [0.1, 0.15) is 17.1 Å². The summed E-state index contributed by atoms with van der Waals surface area (Å²) in [6.07, 6.45) is 0.791. The van der Waals surface area contributed by atoms with Crippen molar-refractivity contribution in [1.29, 1.82) is 0 Å². The van der Waals surface area contributed by atoms with Crippen molar-refractivity contribution in [3.8, 4) is 5.75 Å². The van der Waals surface area contributed by atoms with Gasteiger partial charge in [0.25, 0.3) is 0 Å². The number of nitrogens with two attached hydrogens (primary N) is 1. The first-order chi connectivity index (χ1) is 14.7. The van der Waals surface area contributed by atoms with Gasteiger partial charge >= 0.3 is 11.9 Å². The Hall–Kier alpha value is -3.29. The molecule has 0 amide bonds. The standard InChI is InChI=1S/C23H27NO7/c1-5-29-22(27)20-18(13-8-6-7-9-15(13)30-12-17(26)28-4)19-14(25)10-23(2,3)11-16(19)31-21(20)24/h6-9,18H,5,10-12,24H2,1-4H3. The highest BCUT2D eigenvalue weighted by Crippen LogP contribution is 2.49. The minimum atomic E-state index is -0.833. The highest BCUT2D eigenvalue weighted by atomic mass is 16.6. The number of Topliss-reactive ketones (excluding diaryl/α,β-unsaturated/α-hetero) is 1. The molecule has 1 aliphatic heterocycles. The smallest absolute Gasteiger partial charge is 0.343 e. The lowest BCUT2D eigenvalue weighted by molar-refractivity contribution is -0.143. The molecule has 31 heavy (non-hydrogen) atoms. The summed E-state index contributed by atoms with van der Waals surface area (Å²) < 4.78 is 21.3. The van der Waals surface area contributed by atoms with Crippen LogP contribution in [0.3, 0.4) is 0 Å². The van der Waals surface area contributed by atoms with Crippen LogP contribution in [0.4, 0.5) is 0 Å². The van der Waals surface area contributed by atoms with Gasteiger partial charge in [-0.1, -0.05) is 32.0 Å². The van der Waals surface area contributed by atoms with E-state index in [0.717, 1.165) is 0 Å². The number of allylic oxidation sites excluding steroid dienone is 2. The number of benzene rings is 1. The van der Waals surface area contributed by atoms with Crippen LogP contribution in [0, 0.1) is 5.41 Å². The Balaban J connectivity index is 2.16. The minimum absolute atomic E-state index is 0.0442. The molecule has 0 saturated heterocycles. The van der Waals surface area contributed by atoms with Crippen LogP contribution >= 0.6 is 0 Å². The molecule has 1 atom stereocenters. The van der Waals surface area contributed by atoms with Crippen LogP contribution in [0.25, 0.3) is 0 Å². The molecule has 1 aromatic carbocycles. The Morgan fingerprint density at radius 3 is 2.61 bits per heavy atom. The molecule has 2 N–H and O–H groups in total. The number of para-hydroxylation sites is 1. The largest absolute Gasteiger partial charge is 0.482 e. The third kappa shape index (κ3) is 4.57. The molecule has 1 heterocycles. The van der Waals surface area contributed by atoms with Crippen LogP contribution < -0.4 is 10.5 Å². The zero-order chi connectivity index (χ0) is 22.8. The molecular formula is C23H27NO7. The number of esters is 2. The third-order valence-electron chi connectivity index (χ3n) is 5.25. The maximum atomic E-state index is 13.2. The number of carbonyl (C=O) groups excluding carboxylic acids is 3. The summed E-state index contributed by atoms with van der Waals surface area (Å²) in [6.45, 7) is 5.44. The molecule has 0 saturated carbocycles. The second-order valence-corrected chi connectivity index (χ2v) is 8.21. The van der Waals surface area contributed by atoms with Crippen molar-refractivity contribution in [2.75, 3.05) is 20.3 Å². The number of ketones is 1. The van der Waals surface area contributed by atoms with E-state index in [1.807, 2.05) is 13.8 Å². The van der Waals surface area contributed by atoms with E-state index < -0.39 is 17.9 Å². The molecule has 3 rings (SSSR count). The summed E-state index contributed by atoms with van der Waals surface area (Å²) in [5.74, 6) is -1.52. The van der Waals surface area contributed by atoms with Gasteiger partial charge in [0.15, 0.2) is 12.4 Å². The molecule has 8 nitrogen and oxygen atoms in total. The van der Waals surface area contributed by atoms with Crippen molar-refractivity contribution in [2.24, 2.45) is 11.1 Å². The fourth-order valence-corrected chi connectivity index (χ4v) is 3.95. The predicted octanol–water partition coefficient (Wildman–Crippen LogP) is 2.73. The van der Waals surface area contributed by atoms with Gasteiger partial charge < -0.3 is 24.7 Å². The van der Waals surface area contributed by atoms with E-state index in [9.17, 15) is 14.4 Å². The van der Waals surface area contributed by atoms with Crippen molar-refractivity contribution in [2.45, 2.75) is 39.5 Å². The lowest BCUT2D eigenvalue weighted by Crippen LogP contribution is -2.36. The topological polar surface area (TPSA) is 114 Å². The van der Waals surface area contributed by atoms with Crippen molar-refractivity contribution in [1.82, 2.24) is 0 Å². The summed E-state index contributed by atoms with van der Waals surface area (Å²) in [6, 6.07) is 6.87. The highest BCUT2D eigenvalue weighted by Gasteiger charge is 2.45. The van der Waals surface area contributed by atoms with Gasteiger partial charge in [-0.05, 0) is 18.4 Å². The van der Waals surface area contributed by atoms with E-state index in [0.29, 0.717) is 35.5 Å². The fraction of sp³-hybridized carbons (Fsp3) is 0.435. The van der Waals surface area contributed by atoms with Gasteiger partial charge in [-0.25, -0.2) is 9.59 Å². The Labute approximate surface area is 181 Å². The first-order valence-corrected chi connectivity index (χ1v) is 10.1. The SMILES string of the molecule is CCOC(=O)C1=C(N)OC2=C(C(=O)CC(C)(C)C2)C1c1ccccc1OCC(=O)OC. The molecule has 0 spiro atoms. The Morgan fingerprint density at radius 1 is 1.23 bits per heavy atom. The lowest BCUT2D eigenvalue weighted by Gasteiger charge is -2.38. The van der Waals surface area contributed by atoms with E-state index >= 15 is 0 Å². The number of rotatable bonds is 6. The van der Waals surface area contributed by atoms with Crippen LogP contribution in [0.2, 0.25) is 0 Å². The molecule has 0 fully saturated rings. The molecule has 0 bridgehead atoms. The number of methoxy groups -OCH3 is 1. The Bertz CT molecular complexity index is 974. The van der Waals surface area contributed by atoms with Crippen molar-refractivity contribution < 1.29 is 33.3 Å². The van der Waals surface area contributed by atoms with Gasteiger partial charge in [0, 0.05) is 24.0 Å². The van der Waals surface area contributed by atoms with Crippen LogP contribution in [-0.4, -0.2) is 38.0 Å². The lowest BCUT2D eigenvalue weighted by atomic mass is 9.70. The van der Waals surface area contributed by atoms with Crippen molar-refractivity contribution >= 4 is 17.7 Å². The number of carbonyl (C=O) groups is 3. The van der Waals surface area contributed by atoms with Crippen molar-refractivity contribution in [3.05, 3.63) is 52.6 Å². The summed E-state index contributed by atoms with van der Waals surface area (Å²) in [5, 5.41) is 0. The Morgan fingerprint density at radius 2 is 1.94 bits per heavy atom. The van der Waals surface area contributed by atoms with Gasteiger partial charge in [-0.15, -0.1) is 0 Å². The van der Waals surface area contributed by atoms with E-state index in [2.05, 4.69) is 4.74 Å². The predicted molar refractivity (Wildman–Crippen MR) is 111 cm³/mol. The molecule has 1 aliphatic carbocycles. The van der Waals surface area contributed by atoms with Crippen molar-refractivity contribution in [3.63, 3.8) is 0 Å². The zero-order valence-electron chi connectivity index (χ0n) is 18.2.